The van der Waals surface area contributed by atoms with Crippen molar-refractivity contribution in [2.24, 2.45) is 17.3 Å². The molecule has 1 rings (SSSR count). The first-order chi connectivity index (χ1) is 10.2. The summed E-state index contributed by atoms with van der Waals surface area (Å²) in [4.78, 5) is 12.9. The molecule has 0 aromatic heterocycles. The Hall–Kier alpha value is -0.610. The summed E-state index contributed by atoms with van der Waals surface area (Å²) in [5, 5.41) is 11.8. The Bertz CT molecular complexity index is 410. The van der Waals surface area contributed by atoms with Gasteiger partial charge in [0.15, 0.2) is 0 Å². The fourth-order valence-corrected chi connectivity index (χ4v) is 3.95. The van der Waals surface area contributed by atoms with Crippen LogP contribution in [0.3, 0.4) is 0 Å². The maximum Gasteiger partial charge on any atom is 0.312 e. The van der Waals surface area contributed by atoms with Gasteiger partial charge >= 0.3 is 5.97 Å². The highest BCUT2D eigenvalue weighted by Gasteiger charge is 2.48. The predicted octanol–water partition coefficient (Wildman–Crippen LogP) is 4.65. The molecule has 4 nitrogen and oxygen atoms in total. The highest BCUT2D eigenvalue weighted by Crippen LogP contribution is 2.41. The monoisotopic (exact) mass is 327 g/mol. The van der Waals surface area contributed by atoms with Crippen molar-refractivity contribution in [3.05, 3.63) is 0 Å². The summed E-state index contributed by atoms with van der Waals surface area (Å²) in [6, 6.07) is 0. The second-order valence-electron chi connectivity index (χ2n) is 9.54. The van der Waals surface area contributed by atoms with E-state index in [0.717, 1.165) is 6.42 Å². The minimum atomic E-state index is -0.460. The van der Waals surface area contributed by atoms with Crippen LogP contribution < -0.4 is 0 Å². The molecule has 23 heavy (non-hydrogen) atoms. The highest BCUT2D eigenvalue weighted by molar-refractivity contribution is 5.77. The van der Waals surface area contributed by atoms with Crippen molar-refractivity contribution < 1.29 is 14.7 Å². The van der Waals surface area contributed by atoms with Crippen LogP contribution in [0.1, 0.15) is 81.6 Å². The second kappa shape index (κ2) is 6.72. The molecule has 4 heteroatoms. The molecular weight excluding hydrogens is 290 g/mol. The number of hydroxylamine groups is 2. The van der Waals surface area contributed by atoms with Gasteiger partial charge in [-0.15, -0.1) is 0 Å². The minimum Gasteiger partial charge on any atom is -0.462 e. The number of piperidine rings is 1. The molecule has 1 atom stereocenters. The number of nitrogens with zero attached hydrogens (tertiary/aromatic N) is 1. The Balaban J connectivity index is 2.91. The van der Waals surface area contributed by atoms with E-state index in [0.29, 0.717) is 18.8 Å². The number of hydrogen-bond acceptors (Lipinski definition) is 4. The first-order valence-electron chi connectivity index (χ1n) is 8.92. The van der Waals surface area contributed by atoms with Gasteiger partial charge < -0.3 is 9.94 Å². The van der Waals surface area contributed by atoms with E-state index in [-0.39, 0.29) is 18.0 Å². The molecule has 0 aliphatic carbocycles. The Labute approximate surface area is 142 Å². The second-order valence-corrected chi connectivity index (χ2v) is 9.54. The lowest BCUT2D eigenvalue weighted by Gasteiger charge is -2.51. The van der Waals surface area contributed by atoms with Crippen LogP contribution in [0.2, 0.25) is 0 Å². The summed E-state index contributed by atoms with van der Waals surface area (Å²) < 4.78 is 5.96. The lowest BCUT2D eigenvalue weighted by Crippen LogP contribution is -2.61. The molecule has 1 N–H and O–H groups in total. The number of carbonyl (C=O) groups excluding carboxylic acids is 1. The van der Waals surface area contributed by atoms with E-state index in [1.165, 1.54) is 5.06 Å². The predicted molar refractivity (Wildman–Crippen MR) is 93.3 cm³/mol. The van der Waals surface area contributed by atoms with E-state index >= 15 is 0 Å². The summed E-state index contributed by atoms with van der Waals surface area (Å²) in [6.45, 7) is 18.5. The van der Waals surface area contributed by atoms with Crippen molar-refractivity contribution in [3.8, 4) is 0 Å². The van der Waals surface area contributed by atoms with Crippen LogP contribution in [0.15, 0.2) is 0 Å². The van der Waals surface area contributed by atoms with Gasteiger partial charge in [0.25, 0.3) is 0 Å². The maximum absolute atomic E-state index is 12.9. The lowest BCUT2D eigenvalue weighted by atomic mass is 9.73. The first-order valence-corrected chi connectivity index (χ1v) is 8.92. The summed E-state index contributed by atoms with van der Waals surface area (Å²) >= 11 is 0. The van der Waals surface area contributed by atoms with Crippen molar-refractivity contribution in [3.63, 3.8) is 0 Å². The summed E-state index contributed by atoms with van der Waals surface area (Å²) in [6.07, 6.45) is 1.97. The number of hydrogen-bond donors (Lipinski definition) is 1. The van der Waals surface area contributed by atoms with Gasteiger partial charge in [0.2, 0.25) is 0 Å². The Morgan fingerprint density at radius 2 is 1.61 bits per heavy atom. The fourth-order valence-electron chi connectivity index (χ4n) is 3.95. The fraction of sp³-hybridized carbons (Fsp3) is 0.947. The topological polar surface area (TPSA) is 49.8 Å². The third kappa shape index (κ3) is 4.48. The van der Waals surface area contributed by atoms with Crippen LogP contribution >= 0.6 is 0 Å². The van der Waals surface area contributed by atoms with Gasteiger partial charge in [-0.05, 0) is 52.9 Å². The molecular formula is C19H37NO3. The van der Waals surface area contributed by atoms with Crippen LogP contribution in [0.4, 0.5) is 0 Å². The van der Waals surface area contributed by atoms with E-state index in [1.807, 2.05) is 34.6 Å². The van der Waals surface area contributed by atoms with Crippen LogP contribution in [0.5, 0.6) is 0 Å². The maximum atomic E-state index is 12.9. The third-order valence-electron chi connectivity index (χ3n) is 5.45. The SMILES string of the molecule is CC(C)CC(C)(C(=O)OC1CC(C)(C)N(O)C(C)(C)C1)C(C)C. The third-order valence-corrected chi connectivity index (χ3v) is 5.45. The quantitative estimate of drug-likeness (QED) is 0.747. The Kier molecular flexibility index (Phi) is 5.97. The molecule has 1 unspecified atom stereocenters. The van der Waals surface area contributed by atoms with Crippen molar-refractivity contribution in [2.75, 3.05) is 0 Å². The average molecular weight is 328 g/mol. The van der Waals surface area contributed by atoms with E-state index in [9.17, 15) is 10.0 Å². The van der Waals surface area contributed by atoms with E-state index in [4.69, 9.17) is 4.74 Å². The molecule has 1 saturated heterocycles. The van der Waals surface area contributed by atoms with Crippen molar-refractivity contribution in [1.82, 2.24) is 5.06 Å². The summed E-state index contributed by atoms with van der Waals surface area (Å²) in [7, 11) is 0. The number of ether oxygens (including phenoxy) is 1. The number of esters is 1. The lowest BCUT2D eigenvalue weighted by molar-refractivity contribution is -0.260. The molecule has 0 bridgehead atoms. The van der Waals surface area contributed by atoms with Gasteiger partial charge in [-0.3, -0.25) is 4.79 Å². The van der Waals surface area contributed by atoms with Crippen LogP contribution in [0, 0.1) is 17.3 Å². The molecule has 0 radical (unpaired) electrons. The van der Waals surface area contributed by atoms with Crippen molar-refractivity contribution in [1.29, 1.82) is 0 Å². The average Bonchev–Trinajstić information content (AvgIpc) is 2.33. The van der Waals surface area contributed by atoms with Crippen LogP contribution in [-0.4, -0.2) is 33.4 Å². The normalized spacial score (nSPS) is 24.7. The van der Waals surface area contributed by atoms with E-state index in [1.54, 1.807) is 0 Å². The van der Waals surface area contributed by atoms with Gasteiger partial charge in [0.05, 0.1) is 5.41 Å². The van der Waals surface area contributed by atoms with Crippen molar-refractivity contribution in [2.45, 2.75) is 98.8 Å². The molecule has 0 aromatic carbocycles. The molecule has 1 fully saturated rings. The summed E-state index contributed by atoms with van der Waals surface area (Å²) in [5.41, 5.74) is -1.27. The minimum absolute atomic E-state index is 0.0933. The van der Waals surface area contributed by atoms with Gasteiger partial charge in [0, 0.05) is 23.9 Å². The van der Waals surface area contributed by atoms with Gasteiger partial charge in [-0.2, -0.15) is 5.06 Å². The molecule has 1 aliphatic rings. The highest BCUT2D eigenvalue weighted by atomic mass is 16.5. The molecule has 1 aliphatic heterocycles. The Morgan fingerprint density at radius 3 is 1.96 bits per heavy atom. The Morgan fingerprint density at radius 1 is 1.17 bits per heavy atom. The molecule has 0 amide bonds. The molecule has 0 spiro atoms. The zero-order chi connectivity index (χ0) is 18.2. The number of carbonyl (C=O) groups is 1. The van der Waals surface area contributed by atoms with Crippen molar-refractivity contribution >= 4 is 5.97 Å². The molecule has 0 saturated carbocycles. The van der Waals surface area contributed by atoms with Gasteiger partial charge in [-0.1, -0.05) is 27.7 Å². The molecule has 1 heterocycles. The van der Waals surface area contributed by atoms with Crippen LogP contribution in [0.25, 0.3) is 0 Å². The first kappa shape index (κ1) is 20.4. The smallest absolute Gasteiger partial charge is 0.312 e. The van der Waals surface area contributed by atoms with Crippen LogP contribution in [-0.2, 0) is 9.53 Å². The zero-order valence-electron chi connectivity index (χ0n) is 16.6. The van der Waals surface area contributed by atoms with E-state index < -0.39 is 16.5 Å². The molecule has 0 aromatic rings. The summed E-state index contributed by atoms with van der Waals surface area (Å²) in [5.74, 6) is 0.586. The molecule has 136 valence electrons. The standard InChI is InChI=1S/C19H37NO3/c1-13(2)10-19(9,14(3)4)16(21)23-15-11-17(5,6)20(22)18(7,8)12-15/h13-15,22H,10-12H2,1-9H3. The zero-order valence-corrected chi connectivity index (χ0v) is 16.6. The number of rotatable bonds is 5. The van der Waals surface area contributed by atoms with E-state index in [2.05, 4.69) is 27.7 Å². The van der Waals surface area contributed by atoms with Gasteiger partial charge in [0.1, 0.15) is 6.10 Å². The van der Waals surface area contributed by atoms with Gasteiger partial charge in [-0.25, -0.2) is 0 Å². The largest absolute Gasteiger partial charge is 0.462 e.